The first kappa shape index (κ1) is 15.5. The molecule has 1 heterocycles. The molecule has 0 saturated heterocycles. The number of rotatable bonds is 5. The summed E-state index contributed by atoms with van der Waals surface area (Å²) in [6, 6.07) is 6.50. The molecule has 0 radical (unpaired) electrons. The lowest BCUT2D eigenvalue weighted by atomic mass is 10.3. The Balaban J connectivity index is 2.27. The van der Waals surface area contributed by atoms with E-state index >= 15 is 0 Å². The van der Waals surface area contributed by atoms with Crippen molar-refractivity contribution in [3.63, 3.8) is 0 Å². The fourth-order valence-corrected chi connectivity index (χ4v) is 2.99. The second kappa shape index (κ2) is 6.23. The third-order valence-electron chi connectivity index (χ3n) is 2.34. The average Bonchev–Trinajstić information content (AvgIpc) is 2.38. The minimum Gasteiger partial charge on any atom is -0.435 e. The van der Waals surface area contributed by atoms with Crippen molar-refractivity contribution in [3.05, 3.63) is 47.7 Å². The lowest BCUT2D eigenvalue weighted by Gasteiger charge is -2.10. The number of hydrogen-bond acceptors (Lipinski definition) is 4. The minimum absolute atomic E-state index is 0.00233. The summed E-state index contributed by atoms with van der Waals surface area (Å²) < 4.78 is 54.9. The minimum atomic E-state index is -3.98. The molecule has 0 aliphatic heterocycles. The Morgan fingerprint density at radius 2 is 2.05 bits per heavy atom. The lowest BCUT2D eigenvalue weighted by molar-refractivity contribution is -0.0497. The van der Waals surface area contributed by atoms with Crippen LogP contribution in [-0.4, -0.2) is 20.0 Å². The van der Waals surface area contributed by atoms with Crippen LogP contribution in [-0.2, 0) is 10.0 Å². The Bertz CT molecular complexity index is 741. The van der Waals surface area contributed by atoms with Gasteiger partial charge >= 0.3 is 6.61 Å². The molecule has 1 aromatic carbocycles. The number of anilines is 1. The number of hydrogen-bond donors (Lipinski definition) is 1. The van der Waals surface area contributed by atoms with Crippen molar-refractivity contribution in [3.8, 4) is 5.75 Å². The molecule has 0 aliphatic carbocycles. The summed E-state index contributed by atoms with van der Waals surface area (Å²) in [7, 11) is -3.98. The molecule has 0 atom stereocenters. The first-order chi connectivity index (χ1) is 9.88. The number of nitrogens with one attached hydrogen (secondary N) is 1. The molecule has 112 valence electrons. The van der Waals surface area contributed by atoms with E-state index in [9.17, 15) is 17.2 Å². The second-order valence-corrected chi connectivity index (χ2v) is 5.88. The largest absolute Gasteiger partial charge is 0.435 e. The van der Waals surface area contributed by atoms with Crippen molar-refractivity contribution in [2.45, 2.75) is 11.5 Å². The number of aromatic nitrogens is 1. The Morgan fingerprint density at radius 1 is 1.29 bits per heavy atom. The smallest absolute Gasteiger partial charge is 0.387 e. The van der Waals surface area contributed by atoms with Crippen molar-refractivity contribution in [2.24, 2.45) is 0 Å². The van der Waals surface area contributed by atoms with Crippen LogP contribution in [0.25, 0.3) is 0 Å². The lowest BCUT2D eigenvalue weighted by Crippen LogP contribution is -2.14. The Hall–Kier alpha value is -1.93. The van der Waals surface area contributed by atoms with Crippen LogP contribution in [0.15, 0.2) is 47.6 Å². The summed E-state index contributed by atoms with van der Waals surface area (Å²) in [4.78, 5) is 3.47. The quantitative estimate of drug-likeness (QED) is 0.912. The summed E-state index contributed by atoms with van der Waals surface area (Å²) in [6.45, 7) is -3.00. The molecule has 1 N–H and O–H groups in total. The molecule has 0 spiro atoms. The number of pyridine rings is 1. The number of halogens is 3. The van der Waals surface area contributed by atoms with Crippen LogP contribution in [0.1, 0.15) is 0 Å². The normalized spacial score (nSPS) is 11.4. The third kappa shape index (κ3) is 4.02. The maximum absolute atomic E-state index is 12.1. The summed E-state index contributed by atoms with van der Waals surface area (Å²) in [5.41, 5.74) is 0.0630. The van der Waals surface area contributed by atoms with Crippen molar-refractivity contribution in [1.29, 1.82) is 0 Å². The predicted molar refractivity (Wildman–Crippen MR) is 73.1 cm³/mol. The number of nitrogens with zero attached hydrogens (tertiary/aromatic N) is 1. The van der Waals surface area contributed by atoms with Gasteiger partial charge in [0, 0.05) is 18.5 Å². The van der Waals surface area contributed by atoms with Gasteiger partial charge in [-0.05, 0) is 18.2 Å². The zero-order valence-electron chi connectivity index (χ0n) is 10.3. The number of benzene rings is 1. The van der Waals surface area contributed by atoms with Gasteiger partial charge in [-0.15, -0.1) is 0 Å². The van der Waals surface area contributed by atoms with E-state index in [1.807, 2.05) is 0 Å². The van der Waals surface area contributed by atoms with E-state index in [4.69, 9.17) is 11.6 Å². The maximum Gasteiger partial charge on any atom is 0.387 e. The molecule has 5 nitrogen and oxygen atoms in total. The van der Waals surface area contributed by atoms with Crippen LogP contribution in [0.4, 0.5) is 14.5 Å². The van der Waals surface area contributed by atoms with Gasteiger partial charge in [0.05, 0.1) is 10.7 Å². The monoisotopic (exact) mass is 334 g/mol. The molecule has 1 aromatic heterocycles. The molecule has 0 fully saturated rings. The van der Waals surface area contributed by atoms with Gasteiger partial charge in [-0.1, -0.05) is 17.7 Å². The van der Waals surface area contributed by atoms with Gasteiger partial charge in [0.2, 0.25) is 0 Å². The molecule has 0 saturated carbocycles. The van der Waals surface area contributed by atoms with Crippen LogP contribution < -0.4 is 9.46 Å². The number of alkyl halides is 2. The van der Waals surface area contributed by atoms with E-state index in [0.29, 0.717) is 0 Å². The highest BCUT2D eigenvalue weighted by Crippen LogP contribution is 2.25. The van der Waals surface area contributed by atoms with Crippen molar-refractivity contribution in [2.75, 3.05) is 4.72 Å². The summed E-state index contributed by atoms with van der Waals surface area (Å²) in [6.07, 6.45) is 2.43. The zero-order valence-corrected chi connectivity index (χ0v) is 11.9. The summed E-state index contributed by atoms with van der Waals surface area (Å²) in [5.74, 6) is -0.164. The third-order valence-corrected chi connectivity index (χ3v) is 4.19. The standard InChI is InChI=1S/C12H9ClF2N2O3S/c13-10-4-5-16-7-11(10)21(18,19)17-8-2-1-3-9(6-8)20-12(14)15/h1-7,12,17H. The fraction of sp³-hybridized carbons (Fsp3) is 0.0833. The van der Waals surface area contributed by atoms with Crippen LogP contribution in [0.5, 0.6) is 5.75 Å². The highest BCUT2D eigenvalue weighted by Gasteiger charge is 2.18. The molecular weight excluding hydrogens is 326 g/mol. The molecule has 0 aliphatic rings. The van der Waals surface area contributed by atoms with Gasteiger partial charge in [-0.25, -0.2) is 8.42 Å². The molecule has 0 unspecified atom stereocenters. The van der Waals surface area contributed by atoms with E-state index in [2.05, 4.69) is 14.4 Å². The van der Waals surface area contributed by atoms with Gasteiger partial charge in [0.25, 0.3) is 10.0 Å². The predicted octanol–water partition coefficient (Wildman–Crippen LogP) is 3.14. The molecule has 9 heteroatoms. The molecule has 2 aromatic rings. The van der Waals surface area contributed by atoms with Gasteiger partial charge in [0.15, 0.2) is 0 Å². The van der Waals surface area contributed by atoms with E-state index in [1.54, 1.807) is 0 Å². The molecular formula is C12H9ClF2N2O3S. The van der Waals surface area contributed by atoms with Crippen LogP contribution in [0.2, 0.25) is 5.02 Å². The Labute approximate surface area is 124 Å². The van der Waals surface area contributed by atoms with Gasteiger partial charge in [-0.3, -0.25) is 9.71 Å². The van der Waals surface area contributed by atoms with Crippen LogP contribution in [0.3, 0.4) is 0 Å². The second-order valence-electron chi connectivity index (χ2n) is 3.82. The molecule has 0 amide bonds. The van der Waals surface area contributed by atoms with Crippen LogP contribution in [0, 0.1) is 0 Å². The van der Waals surface area contributed by atoms with E-state index in [-0.39, 0.29) is 21.4 Å². The molecule has 21 heavy (non-hydrogen) atoms. The number of sulfonamides is 1. The first-order valence-electron chi connectivity index (χ1n) is 5.56. The van der Waals surface area contributed by atoms with Gasteiger partial charge in [-0.2, -0.15) is 8.78 Å². The maximum atomic E-state index is 12.1. The van der Waals surface area contributed by atoms with E-state index < -0.39 is 16.6 Å². The van der Waals surface area contributed by atoms with Crippen molar-refractivity contribution < 1.29 is 21.9 Å². The fourth-order valence-electron chi connectivity index (χ4n) is 1.51. The zero-order chi connectivity index (χ0) is 15.5. The molecule has 2 rings (SSSR count). The molecule has 0 bridgehead atoms. The Kier molecular flexibility index (Phi) is 4.59. The highest BCUT2D eigenvalue weighted by molar-refractivity contribution is 7.92. The van der Waals surface area contributed by atoms with E-state index in [1.165, 1.54) is 30.5 Å². The van der Waals surface area contributed by atoms with Crippen molar-refractivity contribution >= 4 is 27.3 Å². The van der Waals surface area contributed by atoms with Crippen LogP contribution >= 0.6 is 11.6 Å². The first-order valence-corrected chi connectivity index (χ1v) is 7.42. The number of ether oxygens (including phenoxy) is 1. The van der Waals surface area contributed by atoms with Crippen molar-refractivity contribution in [1.82, 2.24) is 4.98 Å². The van der Waals surface area contributed by atoms with Gasteiger partial charge < -0.3 is 4.74 Å². The van der Waals surface area contributed by atoms with Gasteiger partial charge in [0.1, 0.15) is 10.6 Å². The Morgan fingerprint density at radius 3 is 2.71 bits per heavy atom. The summed E-state index contributed by atoms with van der Waals surface area (Å²) >= 11 is 5.79. The highest BCUT2D eigenvalue weighted by atomic mass is 35.5. The average molecular weight is 335 g/mol. The topological polar surface area (TPSA) is 68.3 Å². The van der Waals surface area contributed by atoms with E-state index in [0.717, 1.165) is 12.3 Å². The SMILES string of the molecule is O=S(=O)(Nc1cccc(OC(F)F)c1)c1cnccc1Cl. The summed E-state index contributed by atoms with van der Waals surface area (Å²) in [5, 5.41) is -0.00233.